The van der Waals surface area contributed by atoms with E-state index in [0.717, 1.165) is 6.07 Å². The Hall–Kier alpha value is -3.07. The summed E-state index contributed by atoms with van der Waals surface area (Å²) in [4.78, 5) is 22.9. The highest BCUT2D eigenvalue weighted by Gasteiger charge is 2.34. The van der Waals surface area contributed by atoms with Crippen molar-refractivity contribution in [1.82, 2.24) is 0 Å². The molecule has 1 aromatic rings. The first-order valence-electron chi connectivity index (χ1n) is 5.86. The molecule has 1 aliphatic rings. The Kier molecular flexibility index (Phi) is 4.05. The number of benzene rings is 1. The van der Waals surface area contributed by atoms with Crippen molar-refractivity contribution < 1.29 is 19.3 Å². The van der Waals surface area contributed by atoms with Gasteiger partial charge < -0.3 is 9.47 Å². The van der Waals surface area contributed by atoms with Gasteiger partial charge in [-0.25, -0.2) is 0 Å². The van der Waals surface area contributed by atoms with E-state index in [4.69, 9.17) is 15.0 Å². The van der Waals surface area contributed by atoms with Crippen LogP contribution in [0.25, 0.3) is 10.4 Å². The molecular formula is C10H9N5O6. The normalized spacial score (nSPS) is 13.5. The monoisotopic (exact) mass is 295 g/mol. The van der Waals surface area contributed by atoms with E-state index in [1.807, 2.05) is 0 Å². The standard InChI is InChI=1S/C10H9N5O6/c11-13-12-8-6(14(16)17)5-7-10(9(8)15(18)19)21-4-2-1-3-20-7/h5H,1-4H2. The Morgan fingerprint density at radius 2 is 1.86 bits per heavy atom. The molecule has 0 bridgehead atoms. The van der Waals surface area contributed by atoms with Gasteiger partial charge >= 0.3 is 5.69 Å². The molecular weight excluding hydrogens is 286 g/mol. The SMILES string of the molecule is [N-]=[N+]=Nc1c([N+](=O)[O-])cc2c(c1[N+](=O)[O-])OCCCCO2. The van der Waals surface area contributed by atoms with E-state index in [1.165, 1.54) is 0 Å². The average molecular weight is 295 g/mol. The maximum absolute atomic E-state index is 11.2. The van der Waals surface area contributed by atoms with Crippen LogP contribution in [0.2, 0.25) is 0 Å². The number of hydrogen-bond donors (Lipinski definition) is 0. The molecule has 0 amide bonds. The summed E-state index contributed by atoms with van der Waals surface area (Å²) < 4.78 is 10.5. The van der Waals surface area contributed by atoms with Gasteiger partial charge in [-0.2, -0.15) is 0 Å². The van der Waals surface area contributed by atoms with Gasteiger partial charge in [0.1, 0.15) is 0 Å². The van der Waals surface area contributed by atoms with Gasteiger partial charge in [-0.15, -0.1) is 0 Å². The third-order valence-corrected chi connectivity index (χ3v) is 2.74. The highest BCUT2D eigenvalue weighted by Crippen LogP contribution is 2.50. The van der Waals surface area contributed by atoms with E-state index in [2.05, 4.69) is 10.0 Å². The first kappa shape index (κ1) is 14.3. The summed E-state index contributed by atoms with van der Waals surface area (Å²) >= 11 is 0. The van der Waals surface area contributed by atoms with Gasteiger partial charge in [-0.05, 0) is 23.5 Å². The van der Waals surface area contributed by atoms with Crippen LogP contribution in [0.5, 0.6) is 11.5 Å². The second-order valence-electron chi connectivity index (χ2n) is 4.03. The molecule has 1 aliphatic heterocycles. The molecule has 0 fully saturated rings. The summed E-state index contributed by atoms with van der Waals surface area (Å²) in [5.74, 6) is -0.363. The number of rotatable bonds is 3. The molecule has 21 heavy (non-hydrogen) atoms. The van der Waals surface area contributed by atoms with Gasteiger partial charge in [-0.1, -0.05) is 0 Å². The van der Waals surface area contributed by atoms with Crippen LogP contribution in [-0.2, 0) is 0 Å². The Balaban J connectivity index is 2.79. The predicted molar refractivity (Wildman–Crippen MR) is 68.8 cm³/mol. The highest BCUT2D eigenvalue weighted by atomic mass is 16.6. The molecule has 0 saturated carbocycles. The van der Waals surface area contributed by atoms with E-state index in [1.54, 1.807) is 0 Å². The molecule has 0 aromatic heterocycles. The highest BCUT2D eigenvalue weighted by molar-refractivity contribution is 5.79. The minimum atomic E-state index is -0.888. The molecule has 110 valence electrons. The van der Waals surface area contributed by atoms with Gasteiger partial charge in [0, 0.05) is 4.91 Å². The van der Waals surface area contributed by atoms with E-state index in [0.29, 0.717) is 12.8 Å². The van der Waals surface area contributed by atoms with Crippen molar-refractivity contribution in [1.29, 1.82) is 0 Å². The summed E-state index contributed by atoms with van der Waals surface area (Å²) in [5, 5.41) is 25.3. The minimum Gasteiger partial charge on any atom is -0.489 e. The number of nitro groups is 2. The zero-order valence-corrected chi connectivity index (χ0v) is 10.6. The fourth-order valence-corrected chi connectivity index (χ4v) is 1.86. The number of ether oxygens (including phenoxy) is 2. The zero-order valence-electron chi connectivity index (χ0n) is 10.6. The van der Waals surface area contributed by atoms with Crippen molar-refractivity contribution in [3.63, 3.8) is 0 Å². The summed E-state index contributed by atoms with van der Waals surface area (Å²) in [6.07, 6.45) is 1.27. The first-order chi connectivity index (χ1) is 10.1. The molecule has 0 saturated heterocycles. The van der Waals surface area contributed by atoms with Crippen LogP contribution in [0, 0.1) is 20.2 Å². The smallest absolute Gasteiger partial charge is 0.331 e. The largest absolute Gasteiger partial charge is 0.489 e. The van der Waals surface area contributed by atoms with E-state index in [9.17, 15) is 20.2 Å². The molecule has 0 radical (unpaired) electrons. The predicted octanol–water partition coefficient (Wildman–Crippen LogP) is 3.00. The van der Waals surface area contributed by atoms with Crippen molar-refractivity contribution in [2.45, 2.75) is 12.8 Å². The van der Waals surface area contributed by atoms with E-state index >= 15 is 0 Å². The number of azide groups is 1. The van der Waals surface area contributed by atoms with Gasteiger partial charge in [0.25, 0.3) is 5.69 Å². The van der Waals surface area contributed by atoms with E-state index < -0.39 is 26.9 Å². The van der Waals surface area contributed by atoms with Crippen LogP contribution >= 0.6 is 0 Å². The third kappa shape index (κ3) is 2.77. The van der Waals surface area contributed by atoms with Crippen molar-refractivity contribution in [2.24, 2.45) is 5.11 Å². The fourth-order valence-electron chi connectivity index (χ4n) is 1.86. The quantitative estimate of drug-likeness (QED) is 0.274. The maximum Gasteiger partial charge on any atom is 0.331 e. The topological polar surface area (TPSA) is 154 Å². The lowest BCUT2D eigenvalue weighted by molar-refractivity contribution is -0.393. The number of hydrogen-bond acceptors (Lipinski definition) is 7. The fraction of sp³-hybridized carbons (Fsp3) is 0.400. The lowest BCUT2D eigenvalue weighted by Gasteiger charge is -2.16. The first-order valence-corrected chi connectivity index (χ1v) is 5.86. The molecule has 1 heterocycles. The van der Waals surface area contributed by atoms with E-state index in [-0.39, 0.29) is 24.7 Å². The van der Waals surface area contributed by atoms with Crippen LogP contribution in [0.1, 0.15) is 12.8 Å². The average Bonchev–Trinajstić information content (AvgIpc) is 2.39. The molecule has 0 N–H and O–H groups in total. The van der Waals surface area contributed by atoms with Crippen molar-refractivity contribution in [2.75, 3.05) is 13.2 Å². The lowest BCUT2D eigenvalue weighted by Crippen LogP contribution is -2.10. The summed E-state index contributed by atoms with van der Waals surface area (Å²) in [6.45, 7) is 0.455. The molecule has 0 aliphatic carbocycles. The second kappa shape index (κ2) is 5.92. The van der Waals surface area contributed by atoms with Crippen LogP contribution in [0.15, 0.2) is 11.2 Å². The minimum absolute atomic E-state index is 0.106. The van der Waals surface area contributed by atoms with Gasteiger partial charge in [0.15, 0.2) is 11.4 Å². The van der Waals surface area contributed by atoms with Crippen LogP contribution in [0.3, 0.4) is 0 Å². The molecule has 0 spiro atoms. The maximum atomic E-state index is 11.2. The molecule has 0 unspecified atom stereocenters. The van der Waals surface area contributed by atoms with Crippen LogP contribution < -0.4 is 9.47 Å². The lowest BCUT2D eigenvalue weighted by atomic mass is 10.2. The Morgan fingerprint density at radius 3 is 2.43 bits per heavy atom. The second-order valence-corrected chi connectivity index (χ2v) is 4.03. The van der Waals surface area contributed by atoms with Crippen LogP contribution in [-0.4, -0.2) is 23.1 Å². The van der Waals surface area contributed by atoms with Crippen molar-refractivity contribution in [3.8, 4) is 11.5 Å². The zero-order chi connectivity index (χ0) is 15.4. The molecule has 11 nitrogen and oxygen atoms in total. The molecule has 0 atom stereocenters. The van der Waals surface area contributed by atoms with Crippen molar-refractivity contribution >= 4 is 17.1 Å². The molecule has 2 rings (SSSR count). The summed E-state index contributed by atoms with van der Waals surface area (Å²) in [7, 11) is 0. The van der Waals surface area contributed by atoms with Gasteiger partial charge in [-0.3, -0.25) is 20.2 Å². The van der Waals surface area contributed by atoms with Gasteiger partial charge in [0.05, 0.1) is 29.1 Å². The van der Waals surface area contributed by atoms with Gasteiger partial charge in [0.2, 0.25) is 5.75 Å². The Bertz CT molecular complexity index is 654. The van der Waals surface area contributed by atoms with Crippen LogP contribution in [0.4, 0.5) is 17.1 Å². The molecule has 1 aromatic carbocycles. The number of nitrogens with zero attached hydrogens (tertiary/aromatic N) is 5. The third-order valence-electron chi connectivity index (χ3n) is 2.74. The number of nitro benzene ring substituents is 2. The summed E-state index contributed by atoms with van der Waals surface area (Å²) in [5.41, 5.74) is 6.31. The number of fused-ring (bicyclic) bond motifs is 1. The Labute approximate surface area is 117 Å². The molecule has 11 heteroatoms. The summed E-state index contributed by atoms with van der Waals surface area (Å²) in [6, 6.07) is 0.970. The Morgan fingerprint density at radius 1 is 1.19 bits per heavy atom. The van der Waals surface area contributed by atoms with Crippen molar-refractivity contribution in [3.05, 3.63) is 36.7 Å².